The molecule has 2 N–H and O–H groups in total. The van der Waals surface area contributed by atoms with Crippen LogP contribution in [0.1, 0.15) is 19.3 Å². The molecule has 1 heterocycles. The van der Waals surface area contributed by atoms with Gasteiger partial charge in [-0.3, -0.25) is 4.72 Å². The second-order valence-electron chi connectivity index (χ2n) is 5.48. The molecule has 1 aromatic rings. The molecule has 0 bridgehead atoms. The van der Waals surface area contributed by atoms with Crippen molar-refractivity contribution in [1.82, 2.24) is 5.32 Å². The number of rotatable bonds is 5. The van der Waals surface area contributed by atoms with Crippen molar-refractivity contribution in [3.8, 4) is 0 Å². The summed E-state index contributed by atoms with van der Waals surface area (Å²) in [6, 6.07) is 7.48. The SMILES string of the molecule is CN(C)c1cccc(NS(=O)(=O)CC2CCCCN2)c1. The van der Waals surface area contributed by atoms with Crippen LogP contribution >= 0.6 is 0 Å². The molecule has 0 amide bonds. The number of sulfonamides is 1. The first-order chi connectivity index (χ1) is 9.46. The Kier molecular flexibility index (Phi) is 4.88. The molecule has 0 saturated carbocycles. The summed E-state index contributed by atoms with van der Waals surface area (Å²) in [5, 5.41) is 3.26. The summed E-state index contributed by atoms with van der Waals surface area (Å²) in [7, 11) is 0.553. The molecule has 1 aliphatic heterocycles. The van der Waals surface area contributed by atoms with Gasteiger partial charge in [-0.1, -0.05) is 12.5 Å². The second-order valence-corrected chi connectivity index (χ2v) is 7.24. The summed E-state index contributed by atoms with van der Waals surface area (Å²) in [5.41, 5.74) is 1.59. The molecule has 20 heavy (non-hydrogen) atoms. The minimum atomic E-state index is -3.31. The standard InChI is InChI=1S/C14H23N3O2S/c1-17(2)14-8-5-7-12(10-14)16-20(18,19)11-13-6-3-4-9-15-13/h5,7-8,10,13,15-16H,3-4,6,9,11H2,1-2H3. The van der Waals surface area contributed by atoms with Gasteiger partial charge >= 0.3 is 0 Å². The van der Waals surface area contributed by atoms with Gasteiger partial charge in [0.05, 0.1) is 11.4 Å². The molecule has 1 atom stereocenters. The molecule has 1 fully saturated rings. The highest BCUT2D eigenvalue weighted by molar-refractivity contribution is 7.92. The van der Waals surface area contributed by atoms with Crippen LogP contribution in [0.4, 0.5) is 11.4 Å². The van der Waals surface area contributed by atoms with Crippen molar-refractivity contribution in [3.05, 3.63) is 24.3 Å². The Morgan fingerprint density at radius 3 is 2.80 bits per heavy atom. The molecule has 1 aliphatic rings. The Balaban J connectivity index is 2.02. The maximum atomic E-state index is 12.2. The van der Waals surface area contributed by atoms with Crippen LogP contribution in [0.15, 0.2) is 24.3 Å². The molecule has 1 unspecified atom stereocenters. The summed E-state index contributed by atoms with van der Waals surface area (Å²) < 4.78 is 27.0. The first-order valence-electron chi connectivity index (χ1n) is 6.97. The topological polar surface area (TPSA) is 61.4 Å². The summed E-state index contributed by atoms with van der Waals surface area (Å²) in [6.07, 6.45) is 3.16. The number of nitrogens with zero attached hydrogens (tertiary/aromatic N) is 1. The molecule has 0 aromatic heterocycles. The second kappa shape index (κ2) is 6.45. The lowest BCUT2D eigenvalue weighted by molar-refractivity contribution is 0.424. The molecule has 2 rings (SSSR count). The van der Waals surface area contributed by atoms with E-state index < -0.39 is 10.0 Å². The van der Waals surface area contributed by atoms with Crippen LogP contribution in [0, 0.1) is 0 Å². The minimum Gasteiger partial charge on any atom is -0.378 e. The lowest BCUT2D eigenvalue weighted by atomic mass is 10.1. The molecule has 0 aliphatic carbocycles. The van der Waals surface area contributed by atoms with E-state index >= 15 is 0 Å². The van der Waals surface area contributed by atoms with Gasteiger partial charge in [0.1, 0.15) is 0 Å². The van der Waals surface area contributed by atoms with Gasteiger partial charge in [0.2, 0.25) is 10.0 Å². The summed E-state index contributed by atoms with van der Waals surface area (Å²) in [5.74, 6) is 0.138. The molecule has 1 aromatic carbocycles. The van der Waals surface area contributed by atoms with Gasteiger partial charge in [-0.25, -0.2) is 8.42 Å². The van der Waals surface area contributed by atoms with E-state index in [-0.39, 0.29) is 11.8 Å². The molecule has 1 saturated heterocycles. The first-order valence-corrected chi connectivity index (χ1v) is 8.63. The van der Waals surface area contributed by atoms with Crippen molar-refractivity contribution >= 4 is 21.4 Å². The van der Waals surface area contributed by atoms with Crippen molar-refractivity contribution < 1.29 is 8.42 Å². The highest BCUT2D eigenvalue weighted by Gasteiger charge is 2.20. The van der Waals surface area contributed by atoms with Gasteiger partial charge in [0.15, 0.2) is 0 Å². The Hall–Kier alpha value is -1.27. The average Bonchev–Trinajstić information content (AvgIpc) is 2.39. The van der Waals surface area contributed by atoms with E-state index in [0.717, 1.165) is 31.5 Å². The van der Waals surface area contributed by atoms with E-state index in [1.165, 1.54) is 0 Å². The number of piperidine rings is 1. The van der Waals surface area contributed by atoms with Gasteiger partial charge in [0.25, 0.3) is 0 Å². The summed E-state index contributed by atoms with van der Waals surface area (Å²) in [4.78, 5) is 1.94. The van der Waals surface area contributed by atoms with E-state index in [1.54, 1.807) is 6.07 Å². The zero-order valence-electron chi connectivity index (χ0n) is 12.1. The average molecular weight is 297 g/mol. The third-order valence-electron chi connectivity index (χ3n) is 3.47. The maximum Gasteiger partial charge on any atom is 0.234 e. The molecular weight excluding hydrogens is 274 g/mol. The van der Waals surface area contributed by atoms with Crippen molar-refractivity contribution in [2.24, 2.45) is 0 Å². The molecular formula is C14H23N3O2S. The number of hydrogen-bond donors (Lipinski definition) is 2. The number of anilines is 2. The Morgan fingerprint density at radius 1 is 1.35 bits per heavy atom. The number of benzene rings is 1. The largest absolute Gasteiger partial charge is 0.378 e. The van der Waals surface area contributed by atoms with Crippen LogP contribution in [-0.2, 0) is 10.0 Å². The van der Waals surface area contributed by atoms with E-state index in [1.807, 2.05) is 37.2 Å². The van der Waals surface area contributed by atoms with E-state index in [4.69, 9.17) is 0 Å². The van der Waals surface area contributed by atoms with Gasteiger partial charge in [-0.2, -0.15) is 0 Å². The smallest absolute Gasteiger partial charge is 0.234 e. The lowest BCUT2D eigenvalue weighted by Crippen LogP contribution is -2.40. The first kappa shape index (κ1) is 15.1. The maximum absolute atomic E-state index is 12.2. The van der Waals surface area contributed by atoms with Gasteiger partial charge < -0.3 is 10.2 Å². The fraction of sp³-hybridized carbons (Fsp3) is 0.571. The monoisotopic (exact) mass is 297 g/mol. The summed E-state index contributed by atoms with van der Waals surface area (Å²) >= 11 is 0. The predicted molar refractivity (Wildman–Crippen MR) is 83.8 cm³/mol. The zero-order valence-corrected chi connectivity index (χ0v) is 12.9. The Labute approximate surface area is 121 Å². The van der Waals surface area contributed by atoms with Crippen molar-refractivity contribution in [3.63, 3.8) is 0 Å². The molecule has 5 nitrogen and oxygen atoms in total. The predicted octanol–water partition coefficient (Wildman–Crippen LogP) is 1.64. The van der Waals surface area contributed by atoms with Crippen LogP contribution in [0.2, 0.25) is 0 Å². The van der Waals surface area contributed by atoms with Crippen molar-refractivity contribution in [2.75, 3.05) is 36.0 Å². The molecule has 0 spiro atoms. The van der Waals surface area contributed by atoms with E-state index in [0.29, 0.717) is 5.69 Å². The van der Waals surface area contributed by atoms with Crippen LogP contribution in [0.25, 0.3) is 0 Å². The Morgan fingerprint density at radius 2 is 2.15 bits per heavy atom. The fourth-order valence-corrected chi connectivity index (χ4v) is 3.78. The van der Waals surface area contributed by atoms with E-state index in [2.05, 4.69) is 10.0 Å². The fourth-order valence-electron chi connectivity index (χ4n) is 2.40. The minimum absolute atomic E-state index is 0.0679. The molecule has 6 heteroatoms. The van der Waals surface area contributed by atoms with Gasteiger partial charge in [0, 0.05) is 25.8 Å². The molecule has 0 radical (unpaired) electrons. The van der Waals surface area contributed by atoms with Crippen molar-refractivity contribution in [1.29, 1.82) is 0 Å². The van der Waals surface area contributed by atoms with Crippen molar-refractivity contribution in [2.45, 2.75) is 25.3 Å². The van der Waals surface area contributed by atoms with E-state index in [9.17, 15) is 8.42 Å². The van der Waals surface area contributed by atoms with Crippen LogP contribution in [0.3, 0.4) is 0 Å². The van der Waals surface area contributed by atoms with Crippen LogP contribution in [-0.4, -0.2) is 40.9 Å². The van der Waals surface area contributed by atoms with Gasteiger partial charge in [-0.15, -0.1) is 0 Å². The van der Waals surface area contributed by atoms with Gasteiger partial charge in [-0.05, 0) is 37.6 Å². The summed E-state index contributed by atoms with van der Waals surface area (Å²) in [6.45, 7) is 0.913. The lowest BCUT2D eigenvalue weighted by Gasteiger charge is -2.23. The third kappa shape index (κ3) is 4.38. The Bertz CT molecular complexity index is 537. The number of nitrogens with one attached hydrogen (secondary N) is 2. The molecule has 112 valence electrons. The zero-order chi connectivity index (χ0) is 14.6. The normalized spacial score (nSPS) is 19.6. The highest BCUT2D eigenvalue weighted by atomic mass is 32.2. The quantitative estimate of drug-likeness (QED) is 0.867. The number of hydrogen-bond acceptors (Lipinski definition) is 4. The van der Waals surface area contributed by atoms with Crippen LogP contribution < -0.4 is 14.9 Å². The van der Waals surface area contributed by atoms with Crippen LogP contribution in [0.5, 0.6) is 0 Å². The highest BCUT2D eigenvalue weighted by Crippen LogP contribution is 2.19. The third-order valence-corrected chi connectivity index (χ3v) is 4.86.